The Balaban J connectivity index is 1.56. The fourth-order valence-electron chi connectivity index (χ4n) is 2.49. The predicted molar refractivity (Wildman–Crippen MR) is 84.9 cm³/mol. The zero-order valence-corrected chi connectivity index (χ0v) is 14.0. The van der Waals surface area contributed by atoms with Gasteiger partial charge in [-0.05, 0) is 18.2 Å². The highest BCUT2D eigenvalue weighted by Gasteiger charge is 2.36. The SMILES string of the molecule is CC1(COC(=O)c2cccc(C(=O)OCC3(C)COC3)c2)COC1. The maximum Gasteiger partial charge on any atom is 0.338 e. The van der Waals surface area contributed by atoms with Gasteiger partial charge in [-0.15, -0.1) is 0 Å². The number of carbonyl (C=O) groups excluding carboxylic acids is 2. The van der Waals surface area contributed by atoms with Crippen LogP contribution in [0.15, 0.2) is 24.3 Å². The molecular formula is C18H22O6. The minimum absolute atomic E-state index is 0.105. The lowest BCUT2D eigenvalue weighted by atomic mass is 9.90. The van der Waals surface area contributed by atoms with Crippen molar-refractivity contribution in [1.29, 1.82) is 0 Å². The molecule has 0 radical (unpaired) electrons. The third-order valence-corrected chi connectivity index (χ3v) is 4.24. The minimum Gasteiger partial charge on any atom is -0.461 e. The summed E-state index contributed by atoms with van der Waals surface area (Å²) in [5.41, 5.74) is 0.469. The van der Waals surface area contributed by atoms with Gasteiger partial charge in [-0.2, -0.15) is 0 Å². The number of rotatable bonds is 6. The molecule has 2 heterocycles. The Labute approximate surface area is 141 Å². The number of esters is 2. The zero-order chi connectivity index (χ0) is 17.2. The summed E-state index contributed by atoms with van der Waals surface area (Å²) in [6.45, 7) is 6.98. The average molecular weight is 334 g/mol. The second-order valence-corrected chi connectivity index (χ2v) is 7.34. The van der Waals surface area contributed by atoms with Gasteiger partial charge in [0.05, 0.1) is 37.6 Å². The lowest BCUT2D eigenvalue weighted by Gasteiger charge is -2.37. The number of hydrogen-bond acceptors (Lipinski definition) is 6. The first-order valence-corrected chi connectivity index (χ1v) is 7.99. The van der Waals surface area contributed by atoms with Crippen molar-refractivity contribution in [3.8, 4) is 0 Å². The van der Waals surface area contributed by atoms with Crippen LogP contribution in [0, 0.1) is 10.8 Å². The van der Waals surface area contributed by atoms with Crippen molar-refractivity contribution in [2.24, 2.45) is 10.8 Å². The van der Waals surface area contributed by atoms with Crippen LogP contribution in [0.2, 0.25) is 0 Å². The monoisotopic (exact) mass is 334 g/mol. The van der Waals surface area contributed by atoms with Crippen molar-refractivity contribution >= 4 is 11.9 Å². The molecule has 0 atom stereocenters. The number of hydrogen-bond donors (Lipinski definition) is 0. The molecular weight excluding hydrogens is 312 g/mol. The summed E-state index contributed by atoms with van der Waals surface area (Å²) < 4.78 is 20.9. The molecule has 0 spiro atoms. The number of carbonyl (C=O) groups is 2. The fourth-order valence-corrected chi connectivity index (χ4v) is 2.49. The highest BCUT2D eigenvalue weighted by molar-refractivity contribution is 5.95. The molecule has 2 fully saturated rings. The van der Waals surface area contributed by atoms with Crippen LogP contribution in [0.25, 0.3) is 0 Å². The van der Waals surface area contributed by atoms with E-state index in [1.54, 1.807) is 18.2 Å². The molecule has 1 aromatic rings. The third kappa shape index (κ3) is 3.76. The summed E-state index contributed by atoms with van der Waals surface area (Å²) in [4.78, 5) is 24.3. The zero-order valence-electron chi connectivity index (χ0n) is 14.0. The molecule has 0 amide bonds. The maximum absolute atomic E-state index is 12.1. The van der Waals surface area contributed by atoms with Crippen LogP contribution in [-0.2, 0) is 18.9 Å². The molecule has 1 aromatic carbocycles. The van der Waals surface area contributed by atoms with Gasteiger partial charge >= 0.3 is 11.9 Å². The van der Waals surface area contributed by atoms with Crippen molar-refractivity contribution in [1.82, 2.24) is 0 Å². The third-order valence-electron chi connectivity index (χ3n) is 4.24. The molecule has 24 heavy (non-hydrogen) atoms. The highest BCUT2D eigenvalue weighted by atomic mass is 16.6. The van der Waals surface area contributed by atoms with Gasteiger partial charge in [0.15, 0.2) is 0 Å². The van der Waals surface area contributed by atoms with Crippen molar-refractivity contribution in [3.63, 3.8) is 0 Å². The smallest absolute Gasteiger partial charge is 0.338 e. The van der Waals surface area contributed by atoms with E-state index in [9.17, 15) is 9.59 Å². The van der Waals surface area contributed by atoms with E-state index in [2.05, 4.69) is 0 Å². The van der Waals surface area contributed by atoms with Crippen molar-refractivity contribution in [3.05, 3.63) is 35.4 Å². The van der Waals surface area contributed by atoms with Gasteiger partial charge in [0.25, 0.3) is 0 Å². The van der Waals surface area contributed by atoms with E-state index in [4.69, 9.17) is 18.9 Å². The van der Waals surface area contributed by atoms with Gasteiger partial charge in [-0.25, -0.2) is 9.59 Å². The molecule has 130 valence electrons. The van der Waals surface area contributed by atoms with Crippen molar-refractivity contribution < 1.29 is 28.5 Å². The van der Waals surface area contributed by atoms with Crippen LogP contribution in [-0.4, -0.2) is 51.6 Å². The van der Waals surface area contributed by atoms with Gasteiger partial charge in [0, 0.05) is 10.8 Å². The number of ether oxygens (including phenoxy) is 4. The first kappa shape index (κ1) is 16.9. The van der Waals surface area contributed by atoms with Gasteiger partial charge in [0.1, 0.15) is 13.2 Å². The molecule has 2 aliphatic rings. The van der Waals surface area contributed by atoms with Crippen molar-refractivity contribution in [2.75, 3.05) is 39.6 Å². The largest absolute Gasteiger partial charge is 0.461 e. The normalized spacial score (nSPS) is 20.4. The lowest BCUT2D eigenvalue weighted by Crippen LogP contribution is -2.44. The summed E-state index contributed by atoms with van der Waals surface area (Å²) in [5.74, 6) is -0.894. The van der Waals surface area contributed by atoms with E-state index in [0.717, 1.165) is 0 Å². The van der Waals surface area contributed by atoms with Crippen LogP contribution in [0.1, 0.15) is 34.6 Å². The Kier molecular flexibility index (Phi) is 4.60. The van der Waals surface area contributed by atoms with E-state index in [0.29, 0.717) is 50.8 Å². The summed E-state index contributed by atoms with van der Waals surface area (Å²) in [7, 11) is 0. The first-order chi connectivity index (χ1) is 11.4. The molecule has 2 aliphatic heterocycles. The lowest BCUT2D eigenvalue weighted by molar-refractivity contribution is -0.127. The molecule has 6 heteroatoms. The van der Waals surface area contributed by atoms with Gasteiger partial charge in [-0.3, -0.25) is 0 Å². The average Bonchev–Trinajstić information content (AvgIpc) is 2.54. The van der Waals surface area contributed by atoms with Crippen LogP contribution < -0.4 is 0 Å². The van der Waals surface area contributed by atoms with E-state index in [-0.39, 0.29) is 10.8 Å². The second-order valence-electron chi connectivity index (χ2n) is 7.34. The molecule has 0 aromatic heterocycles. The maximum atomic E-state index is 12.1. The standard InChI is InChI=1S/C18H22O6/c1-17(7-21-8-17)11-23-15(19)13-4-3-5-14(6-13)16(20)24-12-18(2)9-22-10-18/h3-6H,7-12H2,1-2H3. The Morgan fingerprint density at radius 2 is 1.33 bits per heavy atom. The Bertz CT molecular complexity index is 579. The van der Waals surface area contributed by atoms with Crippen LogP contribution in [0.4, 0.5) is 0 Å². The van der Waals surface area contributed by atoms with Gasteiger partial charge in [0.2, 0.25) is 0 Å². The van der Waals surface area contributed by atoms with Gasteiger partial charge < -0.3 is 18.9 Å². The summed E-state index contributed by atoms with van der Waals surface area (Å²) >= 11 is 0. The van der Waals surface area contributed by atoms with E-state index < -0.39 is 11.9 Å². The summed E-state index contributed by atoms with van der Waals surface area (Å²) in [5, 5.41) is 0. The highest BCUT2D eigenvalue weighted by Crippen LogP contribution is 2.28. The predicted octanol–water partition coefficient (Wildman–Crippen LogP) is 2.07. The molecule has 6 nitrogen and oxygen atoms in total. The Morgan fingerprint density at radius 3 is 1.67 bits per heavy atom. The molecule has 0 aliphatic carbocycles. The van der Waals surface area contributed by atoms with Crippen molar-refractivity contribution in [2.45, 2.75) is 13.8 Å². The molecule has 0 saturated carbocycles. The molecule has 0 N–H and O–H groups in total. The molecule has 3 rings (SSSR count). The second kappa shape index (κ2) is 6.53. The topological polar surface area (TPSA) is 71.1 Å². The first-order valence-electron chi connectivity index (χ1n) is 7.99. The van der Waals surface area contributed by atoms with Gasteiger partial charge in [-0.1, -0.05) is 19.9 Å². The molecule has 2 saturated heterocycles. The minimum atomic E-state index is -0.447. The van der Waals surface area contributed by atoms with E-state index in [1.807, 2.05) is 13.8 Å². The van der Waals surface area contributed by atoms with Crippen LogP contribution >= 0.6 is 0 Å². The number of benzene rings is 1. The van der Waals surface area contributed by atoms with Crippen LogP contribution in [0.3, 0.4) is 0 Å². The van der Waals surface area contributed by atoms with E-state index in [1.165, 1.54) is 6.07 Å². The summed E-state index contributed by atoms with van der Waals surface area (Å²) in [6.07, 6.45) is 0. The quantitative estimate of drug-likeness (QED) is 0.742. The summed E-state index contributed by atoms with van der Waals surface area (Å²) in [6, 6.07) is 6.40. The Morgan fingerprint density at radius 1 is 0.917 bits per heavy atom. The fraction of sp³-hybridized carbons (Fsp3) is 0.556. The van der Waals surface area contributed by atoms with Crippen LogP contribution in [0.5, 0.6) is 0 Å². The van der Waals surface area contributed by atoms with E-state index >= 15 is 0 Å². The molecule has 0 bridgehead atoms. The molecule has 0 unspecified atom stereocenters. The Hall–Kier alpha value is -1.92.